The number of nitrogens with zero attached hydrogens (tertiary/aromatic N) is 2. The molecule has 3 rings (SSSR count). The van der Waals surface area contributed by atoms with Gasteiger partial charge in [-0.05, 0) is 69.7 Å². The zero-order valence-electron chi connectivity index (χ0n) is 32.4. The van der Waals surface area contributed by atoms with Crippen molar-refractivity contribution in [3.8, 4) is 0 Å². The van der Waals surface area contributed by atoms with E-state index in [4.69, 9.17) is 24.7 Å². The smallest absolute Gasteiger partial charge is 0.437 e. The molecular weight excluding hydrogens is 720 g/mol. The zero-order valence-corrected chi connectivity index (χ0v) is 32.4. The number of carbonyl (C=O) groups is 5. The average Bonchev–Trinajstić information content (AvgIpc) is 3.18. The van der Waals surface area contributed by atoms with Crippen molar-refractivity contribution in [2.24, 2.45) is 10.7 Å². The lowest BCUT2D eigenvalue weighted by atomic mass is 10.1. The fourth-order valence-corrected chi connectivity index (χ4v) is 5.05. The molecule has 0 saturated heterocycles. The Hall–Kier alpha value is -5.96. The molecule has 302 valence electrons. The number of guanidine groups is 1. The van der Waals surface area contributed by atoms with Crippen LogP contribution < -0.4 is 21.7 Å². The van der Waals surface area contributed by atoms with Gasteiger partial charge in [-0.1, -0.05) is 91.0 Å². The molecule has 0 bridgehead atoms. The number of amides is 4. The Bertz CT molecular complexity index is 1690. The minimum Gasteiger partial charge on any atom is -0.460 e. The number of ether oxygens (including phenoxy) is 4. The van der Waals surface area contributed by atoms with Crippen LogP contribution in [0.2, 0.25) is 0 Å². The van der Waals surface area contributed by atoms with Crippen molar-refractivity contribution in [1.29, 1.82) is 0 Å². The van der Waals surface area contributed by atoms with Gasteiger partial charge in [0, 0.05) is 19.6 Å². The van der Waals surface area contributed by atoms with Gasteiger partial charge < -0.3 is 40.6 Å². The Morgan fingerprint density at radius 1 is 0.714 bits per heavy atom. The molecule has 0 heterocycles. The highest BCUT2D eigenvalue weighted by molar-refractivity contribution is 5.98. The van der Waals surface area contributed by atoms with E-state index < -0.39 is 41.8 Å². The van der Waals surface area contributed by atoms with Crippen molar-refractivity contribution in [3.63, 3.8) is 0 Å². The molecule has 0 spiro atoms. The van der Waals surface area contributed by atoms with Crippen LogP contribution in [-0.4, -0.2) is 78.8 Å². The number of unbranched alkanes of at least 4 members (excludes halogenated alkanes) is 1. The van der Waals surface area contributed by atoms with E-state index in [0.717, 1.165) is 28.0 Å². The van der Waals surface area contributed by atoms with E-state index in [0.29, 0.717) is 26.1 Å². The largest absolute Gasteiger partial charge is 0.460 e. The van der Waals surface area contributed by atoms with Crippen LogP contribution in [0.4, 0.5) is 14.4 Å². The molecule has 3 aromatic rings. The first kappa shape index (κ1) is 44.4. The van der Waals surface area contributed by atoms with E-state index >= 15 is 0 Å². The normalized spacial score (nSPS) is 11.8. The molecule has 0 fully saturated rings. The SMILES string of the molecule is CC(C)(C)OC(=O)CCNCCCCNC(=O)[C@H](CCCN(C(=O)OCc1ccccc1)/C(N)=N/C(=O)OCc1ccccc1)NC(=O)OCc1ccccc1. The minimum atomic E-state index is -1.04. The molecule has 0 radical (unpaired) electrons. The minimum absolute atomic E-state index is 0.00363. The standard InChI is InChI=1S/C41H54N6O9/c1-41(2,3)56-35(48)23-26-43-24-13-14-25-44-36(49)34(45-38(50)53-28-31-16-7-4-8-17-31)22-15-27-47(40(52)55-30-33-20-11-6-12-21-33)37(42)46-39(51)54-29-32-18-9-5-10-19-32/h4-12,16-21,34,43H,13-15,22-30H2,1-3H3,(H,44,49)(H,45,50)(H2,42,46,51)/t34-/m0/s1. The van der Waals surface area contributed by atoms with Crippen molar-refractivity contribution in [3.05, 3.63) is 108 Å². The Morgan fingerprint density at radius 3 is 1.82 bits per heavy atom. The van der Waals surface area contributed by atoms with Gasteiger partial charge in [0.05, 0.1) is 6.42 Å². The van der Waals surface area contributed by atoms with Gasteiger partial charge in [0.15, 0.2) is 0 Å². The van der Waals surface area contributed by atoms with Crippen LogP contribution in [0, 0.1) is 0 Å². The van der Waals surface area contributed by atoms with Crippen LogP contribution in [-0.2, 0) is 48.4 Å². The number of benzene rings is 3. The molecule has 0 unspecified atom stereocenters. The molecule has 3 aromatic carbocycles. The number of nitrogens with two attached hydrogens (primary N) is 1. The number of hydrogen-bond acceptors (Lipinski definition) is 10. The summed E-state index contributed by atoms with van der Waals surface area (Å²) in [4.78, 5) is 68.6. The summed E-state index contributed by atoms with van der Waals surface area (Å²) in [6.45, 7) is 6.64. The molecular formula is C41H54N6O9. The maximum atomic E-state index is 13.4. The lowest BCUT2D eigenvalue weighted by molar-refractivity contribution is -0.154. The predicted octanol–water partition coefficient (Wildman–Crippen LogP) is 5.57. The third-order valence-corrected chi connectivity index (χ3v) is 7.81. The van der Waals surface area contributed by atoms with Crippen molar-refractivity contribution in [2.45, 2.75) is 84.3 Å². The van der Waals surface area contributed by atoms with Crippen LogP contribution in [0.1, 0.15) is 69.6 Å². The molecule has 0 aliphatic heterocycles. The van der Waals surface area contributed by atoms with Gasteiger partial charge in [-0.3, -0.25) is 9.59 Å². The first-order valence-electron chi connectivity index (χ1n) is 18.6. The molecule has 5 N–H and O–H groups in total. The van der Waals surface area contributed by atoms with E-state index in [1.807, 2.05) is 51.1 Å². The predicted molar refractivity (Wildman–Crippen MR) is 210 cm³/mol. The van der Waals surface area contributed by atoms with Crippen molar-refractivity contribution < 1.29 is 42.9 Å². The fraction of sp³-hybridized carbons (Fsp3) is 0.415. The number of rotatable bonds is 20. The summed E-state index contributed by atoms with van der Waals surface area (Å²) in [6.07, 6.45) is -0.888. The van der Waals surface area contributed by atoms with Crippen LogP contribution in [0.15, 0.2) is 96.0 Å². The maximum absolute atomic E-state index is 13.4. The van der Waals surface area contributed by atoms with Gasteiger partial charge in [0.2, 0.25) is 11.9 Å². The highest BCUT2D eigenvalue weighted by atomic mass is 16.6. The second-order valence-corrected chi connectivity index (χ2v) is 13.7. The Labute approximate surface area is 328 Å². The van der Waals surface area contributed by atoms with E-state index in [9.17, 15) is 24.0 Å². The third kappa shape index (κ3) is 18.9. The van der Waals surface area contributed by atoms with E-state index in [2.05, 4.69) is 20.9 Å². The molecule has 56 heavy (non-hydrogen) atoms. The third-order valence-electron chi connectivity index (χ3n) is 7.81. The summed E-state index contributed by atoms with van der Waals surface area (Å²) < 4.78 is 21.4. The van der Waals surface area contributed by atoms with Crippen LogP contribution >= 0.6 is 0 Å². The van der Waals surface area contributed by atoms with Crippen molar-refractivity contribution in [2.75, 3.05) is 26.2 Å². The molecule has 15 nitrogen and oxygen atoms in total. The Kier molecular flexibility index (Phi) is 19.4. The molecule has 0 saturated carbocycles. The second kappa shape index (κ2) is 24.4. The maximum Gasteiger partial charge on any atom is 0.437 e. The van der Waals surface area contributed by atoms with Gasteiger partial charge in [-0.2, -0.15) is 0 Å². The van der Waals surface area contributed by atoms with Crippen molar-refractivity contribution in [1.82, 2.24) is 20.9 Å². The van der Waals surface area contributed by atoms with E-state index in [1.54, 1.807) is 60.7 Å². The first-order chi connectivity index (χ1) is 26.9. The highest BCUT2D eigenvalue weighted by Gasteiger charge is 2.25. The van der Waals surface area contributed by atoms with Gasteiger partial charge in [-0.15, -0.1) is 4.99 Å². The van der Waals surface area contributed by atoms with Crippen LogP contribution in [0.5, 0.6) is 0 Å². The number of hydrogen-bond donors (Lipinski definition) is 4. The summed E-state index contributed by atoms with van der Waals surface area (Å²) >= 11 is 0. The van der Waals surface area contributed by atoms with Gasteiger partial charge >= 0.3 is 24.2 Å². The summed E-state index contributed by atoms with van der Waals surface area (Å²) in [5.41, 5.74) is 7.85. The van der Waals surface area contributed by atoms with E-state index in [-0.39, 0.29) is 51.6 Å². The number of nitrogens with one attached hydrogen (secondary N) is 3. The summed E-state index contributed by atoms with van der Waals surface area (Å²) in [5, 5.41) is 8.66. The van der Waals surface area contributed by atoms with Crippen LogP contribution in [0.3, 0.4) is 0 Å². The molecule has 1 atom stereocenters. The Morgan fingerprint density at radius 2 is 1.25 bits per heavy atom. The van der Waals surface area contributed by atoms with Gasteiger partial charge in [0.25, 0.3) is 0 Å². The molecule has 0 aliphatic carbocycles. The quantitative estimate of drug-likeness (QED) is 0.0368. The van der Waals surface area contributed by atoms with Gasteiger partial charge in [0.1, 0.15) is 31.5 Å². The molecule has 4 amide bonds. The van der Waals surface area contributed by atoms with Gasteiger partial charge in [-0.25, -0.2) is 19.3 Å². The lowest BCUT2D eigenvalue weighted by Crippen LogP contribution is -2.48. The average molecular weight is 775 g/mol. The highest BCUT2D eigenvalue weighted by Crippen LogP contribution is 2.10. The number of esters is 1. The summed E-state index contributed by atoms with van der Waals surface area (Å²) in [5.74, 6) is -1.19. The summed E-state index contributed by atoms with van der Waals surface area (Å²) in [6, 6.07) is 26.0. The number of alkyl carbamates (subject to hydrolysis) is 1. The number of carbonyl (C=O) groups excluding carboxylic acids is 5. The lowest BCUT2D eigenvalue weighted by Gasteiger charge is -2.23. The van der Waals surface area contributed by atoms with Crippen LogP contribution in [0.25, 0.3) is 0 Å². The zero-order chi connectivity index (χ0) is 40.6. The molecule has 0 aromatic heterocycles. The molecule has 0 aliphatic rings. The van der Waals surface area contributed by atoms with Crippen molar-refractivity contribution >= 4 is 36.1 Å². The van der Waals surface area contributed by atoms with E-state index in [1.165, 1.54) is 0 Å². The fourth-order valence-electron chi connectivity index (χ4n) is 5.05. The Balaban J connectivity index is 1.60. The summed E-state index contributed by atoms with van der Waals surface area (Å²) in [7, 11) is 0. The second-order valence-electron chi connectivity index (χ2n) is 13.7. The molecule has 15 heteroatoms. The monoisotopic (exact) mass is 774 g/mol. The number of aliphatic imine (C=N–C) groups is 1. The topological polar surface area (TPSA) is 200 Å². The first-order valence-corrected chi connectivity index (χ1v) is 18.6.